The van der Waals surface area contributed by atoms with E-state index in [9.17, 15) is 4.79 Å². The van der Waals surface area contributed by atoms with Crippen molar-refractivity contribution in [2.24, 2.45) is 17.8 Å². The predicted molar refractivity (Wildman–Crippen MR) is 78.9 cm³/mol. The molecule has 0 saturated heterocycles. The lowest BCUT2D eigenvalue weighted by molar-refractivity contribution is -0.121. The maximum absolute atomic E-state index is 12.6. The van der Waals surface area contributed by atoms with Crippen molar-refractivity contribution in [2.45, 2.75) is 25.7 Å². The fraction of sp³-hybridized carbons (Fsp3) is 0.438. The van der Waals surface area contributed by atoms with Gasteiger partial charge in [-0.15, -0.1) is 0 Å². The minimum atomic E-state index is 0.142. The molecular weight excluding hydrogens is 264 g/mol. The number of hydrogen-bond donors (Lipinski definition) is 1. The van der Waals surface area contributed by atoms with Crippen LogP contribution in [0.15, 0.2) is 36.8 Å². The molecule has 2 aromatic heterocycles. The average Bonchev–Trinajstić information content (AvgIpc) is 3.25. The molecule has 4 rings (SSSR count). The molecule has 2 fully saturated rings. The van der Waals surface area contributed by atoms with Crippen LogP contribution in [-0.2, 0) is 4.79 Å². The van der Waals surface area contributed by atoms with E-state index in [-0.39, 0.29) is 11.8 Å². The second-order valence-electron chi connectivity index (χ2n) is 6.10. The quantitative estimate of drug-likeness (QED) is 0.941. The lowest BCUT2D eigenvalue weighted by atomic mass is 9.88. The van der Waals surface area contributed by atoms with Gasteiger partial charge in [-0.1, -0.05) is 6.42 Å². The summed E-state index contributed by atoms with van der Waals surface area (Å²) in [4.78, 5) is 16.9. The van der Waals surface area contributed by atoms with Gasteiger partial charge in [0.15, 0.2) is 5.82 Å². The van der Waals surface area contributed by atoms with Crippen LogP contribution in [0.1, 0.15) is 25.7 Å². The summed E-state index contributed by atoms with van der Waals surface area (Å²) in [7, 11) is 0. The number of pyridine rings is 1. The van der Waals surface area contributed by atoms with Gasteiger partial charge in [-0.05, 0) is 49.3 Å². The zero-order chi connectivity index (χ0) is 14.2. The highest BCUT2D eigenvalue weighted by atomic mass is 16.1. The average molecular weight is 282 g/mol. The number of nitrogens with zero attached hydrogens (tertiary/aromatic N) is 3. The molecule has 2 saturated carbocycles. The van der Waals surface area contributed by atoms with Crippen LogP contribution in [-0.4, -0.2) is 20.7 Å². The SMILES string of the molecule is O=C(Nc1cccnc1-n1cccn1)[C@@H]1C[C@H]2CC[C@H]1C2. The molecule has 2 aliphatic carbocycles. The van der Waals surface area contributed by atoms with Gasteiger partial charge in [0.2, 0.25) is 5.91 Å². The van der Waals surface area contributed by atoms with E-state index in [0.29, 0.717) is 11.7 Å². The summed E-state index contributed by atoms with van der Waals surface area (Å²) < 4.78 is 1.68. The third kappa shape index (κ3) is 2.22. The Bertz CT molecular complexity index is 652. The number of aromatic nitrogens is 3. The highest BCUT2D eigenvalue weighted by Crippen LogP contribution is 2.48. The van der Waals surface area contributed by atoms with E-state index < -0.39 is 0 Å². The molecule has 2 aromatic rings. The highest BCUT2D eigenvalue weighted by molar-refractivity contribution is 5.94. The number of hydrogen-bond acceptors (Lipinski definition) is 3. The predicted octanol–water partition coefficient (Wildman–Crippen LogP) is 2.64. The molecule has 5 nitrogen and oxygen atoms in total. The molecule has 1 N–H and O–H groups in total. The minimum absolute atomic E-state index is 0.142. The summed E-state index contributed by atoms with van der Waals surface area (Å²) in [5.41, 5.74) is 0.731. The van der Waals surface area contributed by atoms with Crippen molar-refractivity contribution in [1.82, 2.24) is 14.8 Å². The fourth-order valence-corrected chi connectivity index (χ4v) is 3.86. The van der Waals surface area contributed by atoms with Gasteiger partial charge < -0.3 is 5.32 Å². The third-order valence-electron chi connectivity index (χ3n) is 4.84. The van der Waals surface area contributed by atoms with Crippen LogP contribution in [0.2, 0.25) is 0 Å². The molecule has 3 atom stereocenters. The van der Waals surface area contributed by atoms with Gasteiger partial charge in [-0.3, -0.25) is 4.79 Å². The van der Waals surface area contributed by atoms with Crippen LogP contribution < -0.4 is 5.32 Å². The van der Waals surface area contributed by atoms with Crippen molar-refractivity contribution in [3.8, 4) is 5.82 Å². The first kappa shape index (κ1) is 12.6. The van der Waals surface area contributed by atoms with Gasteiger partial charge in [-0.2, -0.15) is 5.10 Å². The number of carbonyl (C=O) groups excluding carboxylic acids is 1. The van der Waals surface area contributed by atoms with Crippen LogP contribution in [0.3, 0.4) is 0 Å². The molecule has 0 spiro atoms. The van der Waals surface area contributed by atoms with Crippen molar-refractivity contribution < 1.29 is 4.79 Å². The smallest absolute Gasteiger partial charge is 0.227 e. The monoisotopic (exact) mass is 282 g/mol. The minimum Gasteiger partial charge on any atom is -0.323 e. The zero-order valence-electron chi connectivity index (χ0n) is 11.8. The summed E-state index contributed by atoms with van der Waals surface area (Å²) >= 11 is 0. The molecule has 0 aromatic carbocycles. The highest BCUT2D eigenvalue weighted by Gasteiger charge is 2.43. The van der Waals surface area contributed by atoms with Gasteiger partial charge in [0.05, 0.1) is 5.69 Å². The van der Waals surface area contributed by atoms with Crippen molar-refractivity contribution in [2.75, 3.05) is 5.32 Å². The molecule has 1 amide bonds. The van der Waals surface area contributed by atoms with E-state index in [1.165, 1.54) is 19.3 Å². The maximum atomic E-state index is 12.6. The Morgan fingerprint density at radius 2 is 2.19 bits per heavy atom. The normalized spacial score (nSPS) is 27.0. The van der Waals surface area contributed by atoms with Crippen molar-refractivity contribution in [3.63, 3.8) is 0 Å². The van der Waals surface area contributed by atoms with Gasteiger partial charge in [0.25, 0.3) is 0 Å². The Hall–Kier alpha value is -2.17. The number of carbonyl (C=O) groups is 1. The number of amides is 1. The van der Waals surface area contributed by atoms with Gasteiger partial charge in [0, 0.05) is 24.5 Å². The van der Waals surface area contributed by atoms with E-state index >= 15 is 0 Å². The van der Waals surface area contributed by atoms with Gasteiger partial charge >= 0.3 is 0 Å². The summed E-state index contributed by atoms with van der Waals surface area (Å²) in [6.45, 7) is 0. The standard InChI is InChI=1S/C16H18N4O/c21-16(13-10-11-4-5-12(13)9-11)19-14-3-1-6-17-15(14)20-8-2-7-18-20/h1-3,6-8,11-13H,4-5,9-10H2,(H,19,21)/t11-,12-,13+/m0/s1. The molecule has 0 unspecified atom stereocenters. The third-order valence-corrected chi connectivity index (χ3v) is 4.84. The summed E-state index contributed by atoms with van der Waals surface area (Å²) in [5, 5.41) is 7.26. The topological polar surface area (TPSA) is 59.8 Å². The molecule has 2 bridgehead atoms. The molecule has 2 heterocycles. The Balaban J connectivity index is 1.56. The number of rotatable bonds is 3. The van der Waals surface area contributed by atoms with Crippen LogP contribution >= 0.6 is 0 Å². The number of nitrogens with one attached hydrogen (secondary N) is 1. The Morgan fingerprint density at radius 3 is 2.90 bits per heavy atom. The van der Waals surface area contributed by atoms with E-state index in [1.54, 1.807) is 17.1 Å². The Labute approximate surface area is 123 Å². The molecule has 0 aliphatic heterocycles. The first-order valence-corrected chi connectivity index (χ1v) is 7.57. The molecule has 5 heteroatoms. The zero-order valence-corrected chi connectivity index (χ0v) is 11.8. The second kappa shape index (κ2) is 4.98. The molecule has 21 heavy (non-hydrogen) atoms. The summed E-state index contributed by atoms with van der Waals surface area (Å²) in [6.07, 6.45) is 10.0. The van der Waals surface area contributed by atoms with Crippen molar-refractivity contribution >= 4 is 11.6 Å². The van der Waals surface area contributed by atoms with Crippen LogP contribution in [0.5, 0.6) is 0 Å². The first-order chi connectivity index (χ1) is 10.3. The lowest BCUT2D eigenvalue weighted by Crippen LogP contribution is -2.27. The number of fused-ring (bicyclic) bond motifs is 2. The van der Waals surface area contributed by atoms with E-state index in [2.05, 4.69) is 15.4 Å². The molecular formula is C16H18N4O. The van der Waals surface area contributed by atoms with E-state index in [4.69, 9.17) is 0 Å². The summed E-state index contributed by atoms with van der Waals surface area (Å²) in [5.74, 6) is 2.34. The number of anilines is 1. The van der Waals surface area contributed by atoms with Crippen LogP contribution in [0.4, 0.5) is 5.69 Å². The van der Waals surface area contributed by atoms with Gasteiger partial charge in [0.1, 0.15) is 0 Å². The van der Waals surface area contributed by atoms with Crippen LogP contribution in [0, 0.1) is 17.8 Å². The van der Waals surface area contributed by atoms with E-state index in [1.807, 2.05) is 24.4 Å². The Morgan fingerprint density at radius 1 is 1.24 bits per heavy atom. The fourth-order valence-electron chi connectivity index (χ4n) is 3.86. The maximum Gasteiger partial charge on any atom is 0.227 e. The molecule has 0 radical (unpaired) electrons. The van der Waals surface area contributed by atoms with Gasteiger partial charge in [-0.25, -0.2) is 9.67 Å². The summed E-state index contributed by atoms with van der Waals surface area (Å²) in [6, 6.07) is 5.56. The van der Waals surface area contributed by atoms with Crippen molar-refractivity contribution in [3.05, 3.63) is 36.8 Å². The molecule has 108 valence electrons. The first-order valence-electron chi connectivity index (χ1n) is 7.57. The molecule has 2 aliphatic rings. The Kier molecular flexibility index (Phi) is 2.98. The second-order valence-corrected chi connectivity index (χ2v) is 6.10. The van der Waals surface area contributed by atoms with Crippen molar-refractivity contribution in [1.29, 1.82) is 0 Å². The lowest BCUT2D eigenvalue weighted by Gasteiger charge is -2.21. The van der Waals surface area contributed by atoms with E-state index in [0.717, 1.165) is 18.0 Å². The van der Waals surface area contributed by atoms with Crippen LogP contribution in [0.25, 0.3) is 5.82 Å². The largest absolute Gasteiger partial charge is 0.323 e.